The Morgan fingerprint density at radius 1 is 1.16 bits per heavy atom. The number of piperazine rings is 1. The van der Waals surface area contributed by atoms with Crippen molar-refractivity contribution < 1.29 is 14.5 Å². The van der Waals surface area contributed by atoms with Crippen LogP contribution in [0.15, 0.2) is 41.0 Å². The van der Waals surface area contributed by atoms with Gasteiger partial charge in [0.15, 0.2) is 6.61 Å². The fraction of sp³-hybridized carbons (Fsp3) is 0.368. The maximum absolute atomic E-state index is 12.4. The molecule has 2 aromatic rings. The highest BCUT2D eigenvalue weighted by atomic mass is 79.9. The van der Waals surface area contributed by atoms with Crippen LogP contribution in [0.3, 0.4) is 0 Å². The number of benzene rings is 1. The molecule has 1 N–H and O–H groups in total. The number of hydrogen-bond donors (Lipinski definition) is 0. The van der Waals surface area contributed by atoms with Crippen LogP contribution >= 0.6 is 15.9 Å². The number of aromatic amines is 1. The number of pyridine rings is 1. The number of hydrogen-bond acceptors (Lipinski definition) is 3. The molecule has 0 radical (unpaired) electrons. The summed E-state index contributed by atoms with van der Waals surface area (Å²) in [7, 11) is 0. The van der Waals surface area contributed by atoms with Crippen molar-refractivity contribution in [3.8, 4) is 5.75 Å². The minimum atomic E-state index is 0.0386. The fourth-order valence-corrected chi connectivity index (χ4v) is 3.38. The Balaban J connectivity index is 1.52. The van der Waals surface area contributed by atoms with E-state index in [1.54, 1.807) is 0 Å². The van der Waals surface area contributed by atoms with Gasteiger partial charge in [-0.05, 0) is 43.2 Å². The van der Waals surface area contributed by atoms with Gasteiger partial charge in [0.05, 0.1) is 19.3 Å². The number of nitrogens with one attached hydrogen (secondary N) is 1. The first-order valence-corrected chi connectivity index (χ1v) is 9.23. The summed E-state index contributed by atoms with van der Waals surface area (Å²) in [5.41, 5.74) is 2.12. The predicted molar refractivity (Wildman–Crippen MR) is 101 cm³/mol. The number of carbonyl (C=O) groups is 1. The zero-order valence-corrected chi connectivity index (χ0v) is 16.2. The van der Waals surface area contributed by atoms with Gasteiger partial charge in [0, 0.05) is 10.5 Å². The SMILES string of the molecule is Cc1cc(OCC(=O)N2CCN(c3cccc[nH+]3)CC2)c(C)cc1Br. The number of halogens is 1. The summed E-state index contributed by atoms with van der Waals surface area (Å²) in [5, 5.41) is 0. The molecule has 1 aromatic carbocycles. The average molecular weight is 405 g/mol. The largest absolute Gasteiger partial charge is 0.483 e. The number of H-pyrrole nitrogens is 1. The first kappa shape index (κ1) is 17.7. The maximum atomic E-state index is 12.4. The standard InChI is InChI=1S/C19H22BrN3O2/c1-14-12-17(15(2)11-16(14)20)25-13-19(24)23-9-7-22(8-10-23)18-5-3-4-6-21-18/h3-6,11-12H,7-10,13H2,1-2H3/p+1. The molecule has 0 unspecified atom stereocenters. The summed E-state index contributed by atoms with van der Waals surface area (Å²) >= 11 is 3.51. The normalized spacial score (nSPS) is 14.5. The quantitative estimate of drug-likeness (QED) is 0.786. The van der Waals surface area contributed by atoms with E-state index in [2.05, 4.69) is 31.9 Å². The van der Waals surface area contributed by atoms with Crippen molar-refractivity contribution in [1.82, 2.24) is 4.90 Å². The molecule has 132 valence electrons. The van der Waals surface area contributed by atoms with E-state index in [4.69, 9.17) is 4.74 Å². The molecule has 0 saturated carbocycles. The van der Waals surface area contributed by atoms with Gasteiger partial charge in [-0.1, -0.05) is 22.0 Å². The molecule has 0 aliphatic carbocycles. The number of nitrogens with zero attached hydrogens (tertiary/aromatic N) is 2. The number of rotatable bonds is 4. The summed E-state index contributed by atoms with van der Waals surface area (Å²) < 4.78 is 6.82. The Bertz CT molecular complexity index is 744. The van der Waals surface area contributed by atoms with Gasteiger partial charge >= 0.3 is 0 Å². The van der Waals surface area contributed by atoms with Gasteiger partial charge < -0.3 is 9.64 Å². The van der Waals surface area contributed by atoms with Gasteiger partial charge in [0.1, 0.15) is 18.8 Å². The molecule has 5 nitrogen and oxygen atoms in total. The third-order valence-electron chi connectivity index (χ3n) is 4.47. The van der Waals surface area contributed by atoms with Crippen molar-refractivity contribution in [1.29, 1.82) is 0 Å². The lowest BCUT2D eigenvalue weighted by Gasteiger charge is -2.31. The summed E-state index contributed by atoms with van der Waals surface area (Å²) in [5.74, 6) is 1.90. The molecule has 6 heteroatoms. The monoisotopic (exact) mass is 404 g/mol. The van der Waals surface area contributed by atoms with E-state index in [0.29, 0.717) is 13.1 Å². The number of carbonyl (C=O) groups excluding carboxylic acids is 1. The van der Waals surface area contributed by atoms with Crippen LogP contribution in [0.2, 0.25) is 0 Å². The molecule has 1 aliphatic heterocycles. The van der Waals surface area contributed by atoms with Gasteiger partial charge in [-0.2, -0.15) is 0 Å². The van der Waals surface area contributed by atoms with Crippen molar-refractivity contribution in [2.45, 2.75) is 13.8 Å². The Labute approximate surface area is 156 Å². The second-order valence-electron chi connectivity index (χ2n) is 6.27. The minimum absolute atomic E-state index is 0.0386. The van der Waals surface area contributed by atoms with E-state index in [-0.39, 0.29) is 12.5 Å². The highest BCUT2D eigenvalue weighted by Gasteiger charge is 2.26. The van der Waals surface area contributed by atoms with Crippen molar-refractivity contribution in [3.63, 3.8) is 0 Å². The van der Waals surface area contributed by atoms with Crippen LogP contribution in [0.25, 0.3) is 0 Å². The molecule has 0 atom stereocenters. The second kappa shape index (κ2) is 7.87. The Morgan fingerprint density at radius 2 is 1.92 bits per heavy atom. The van der Waals surface area contributed by atoms with E-state index >= 15 is 0 Å². The Morgan fingerprint density at radius 3 is 2.60 bits per heavy atom. The van der Waals surface area contributed by atoms with Gasteiger partial charge in [0.2, 0.25) is 0 Å². The van der Waals surface area contributed by atoms with Crippen LogP contribution in [-0.2, 0) is 4.79 Å². The lowest BCUT2D eigenvalue weighted by molar-refractivity contribution is -0.364. The van der Waals surface area contributed by atoms with Gasteiger partial charge in [0.25, 0.3) is 11.7 Å². The molecule has 2 heterocycles. The predicted octanol–water partition coefficient (Wildman–Crippen LogP) is 2.61. The summed E-state index contributed by atoms with van der Waals surface area (Å²) in [6.07, 6.45) is 1.92. The molecule has 1 amide bonds. The lowest BCUT2D eigenvalue weighted by Crippen LogP contribution is -2.51. The van der Waals surface area contributed by atoms with Crippen LogP contribution in [0.4, 0.5) is 5.82 Å². The first-order chi connectivity index (χ1) is 12.0. The summed E-state index contributed by atoms with van der Waals surface area (Å²) in [6, 6.07) is 10.0. The van der Waals surface area contributed by atoms with Gasteiger partial charge in [-0.15, -0.1) is 0 Å². The molecule has 1 saturated heterocycles. The van der Waals surface area contributed by atoms with Crippen molar-refractivity contribution >= 4 is 27.7 Å². The lowest BCUT2D eigenvalue weighted by atomic mass is 10.1. The zero-order valence-electron chi connectivity index (χ0n) is 14.6. The third-order valence-corrected chi connectivity index (χ3v) is 5.33. The smallest absolute Gasteiger partial charge is 0.274 e. The van der Waals surface area contributed by atoms with Gasteiger partial charge in [-0.3, -0.25) is 9.69 Å². The van der Waals surface area contributed by atoms with Crippen LogP contribution in [0, 0.1) is 13.8 Å². The van der Waals surface area contributed by atoms with E-state index in [0.717, 1.165) is 40.3 Å². The van der Waals surface area contributed by atoms with E-state index < -0.39 is 0 Å². The molecule has 0 bridgehead atoms. The Kier molecular flexibility index (Phi) is 5.58. The maximum Gasteiger partial charge on any atom is 0.274 e. The average Bonchev–Trinajstić information content (AvgIpc) is 2.64. The molecule has 1 aromatic heterocycles. The van der Waals surface area contributed by atoms with Crippen molar-refractivity contribution in [2.75, 3.05) is 37.7 Å². The molecule has 25 heavy (non-hydrogen) atoms. The molecule has 1 aliphatic rings. The van der Waals surface area contributed by atoms with Crippen LogP contribution in [-0.4, -0.2) is 43.6 Å². The zero-order chi connectivity index (χ0) is 17.8. The molecule has 0 spiro atoms. The van der Waals surface area contributed by atoms with Crippen LogP contribution < -0.4 is 14.6 Å². The van der Waals surface area contributed by atoms with Gasteiger partial charge in [-0.25, -0.2) is 4.98 Å². The molecular weight excluding hydrogens is 382 g/mol. The highest BCUT2D eigenvalue weighted by molar-refractivity contribution is 9.10. The highest BCUT2D eigenvalue weighted by Crippen LogP contribution is 2.26. The van der Waals surface area contributed by atoms with Crippen molar-refractivity contribution in [2.24, 2.45) is 0 Å². The number of amides is 1. The molecule has 1 fully saturated rings. The second-order valence-corrected chi connectivity index (χ2v) is 7.13. The van der Waals surface area contributed by atoms with E-state index in [1.165, 1.54) is 0 Å². The number of aryl methyl sites for hydroxylation is 2. The van der Waals surface area contributed by atoms with E-state index in [9.17, 15) is 4.79 Å². The summed E-state index contributed by atoms with van der Waals surface area (Å²) in [4.78, 5) is 19.8. The summed E-state index contributed by atoms with van der Waals surface area (Å²) in [6.45, 7) is 7.15. The number of anilines is 1. The number of ether oxygens (including phenoxy) is 1. The molecule has 3 rings (SSSR count). The van der Waals surface area contributed by atoms with Crippen LogP contribution in [0.5, 0.6) is 5.75 Å². The first-order valence-electron chi connectivity index (χ1n) is 8.43. The van der Waals surface area contributed by atoms with Crippen molar-refractivity contribution in [3.05, 3.63) is 52.1 Å². The Hall–Kier alpha value is -2.08. The molecular formula is C19H23BrN3O2+. The topological polar surface area (TPSA) is 46.9 Å². The van der Waals surface area contributed by atoms with E-state index in [1.807, 2.05) is 49.2 Å². The van der Waals surface area contributed by atoms with Crippen LogP contribution in [0.1, 0.15) is 11.1 Å². The number of aromatic nitrogens is 1. The third kappa shape index (κ3) is 4.31. The fourth-order valence-electron chi connectivity index (χ4n) is 2.92. The minimum Gasteiger partial charge on any atom is -0.483 e.